The Balaban J connectivity index is 1.83. The third-order valence-corrected chi connectivity index (χ3v) is 5.81. The van der Waals surface area contributed by atoms with Crippen LogP contribution in [-0.2, 0) is 22.6 Å². The summed E-state index contributed by atoms with van der Waals surface area (Å²) in [5.41, 5.74) is 8.76. The van der Waals surface area contributed by atoms with Crippen molar-refractivity contribution >= 4 is 17.5 Å². The maximum atomic E-state index is 13.5. The number of anilines is 1. The summed E-state index contributed by atoms with van der Waals surface area (Å²) in [5.74, 6) is -0.475. The van der Waals surface area contributed by atoms with Gasteiger partial charge >= 0.3 is 0 Å². The number of hydrogen-bond acceptors (Lipinski definition) is 3. The Kier molecular flexibility index (Phi) is 8.18. The van der Waals surface area contributed by atoms with Gasteiger partial charge in [-0.15, -0.1) is 0 Å². The molecule has 0 spiro atoms. The fourth-order valence-electron chi connectivity index (χ4n) is 4.17. The highest BCUT2D eigenvalue weighted by Gasteiger charge is 2.24. The monoisotopic (exact) mass is 425 g/mol. The van der Waals surface area contributed by atoms with Crippen LogP contribution in [0.5, 0.6) is 0 Å². The van der Waals surface area contributed by atoms with E-state index in [1.54, 1.807) is 24.0 Å². The highest BCUT2D eigenvalue weighted by Crippen LogP contribution is 2.24. The molecule has 0 saturated heterocycles. The van der Waals surface area contributed by atoms with E-state index in [9.17, 15) is 14.0 Å². The normalized spacial score (nSPS) is 16.6. The van der Waals surface area contributed by atoms with E-state index in [1.807, 2.05) is 29.2 Å². The van der Waals surface area contributed by atoms with Crippen molar-refractivity contribution in [2.75, 3.05) is 18.0 Å². The molecule has 0 aliphatic carbocycles. The standard InChI is InChI=1S/C25H32FN3O2/c1-19(30)29-15-8-4-2-3-7-14-28(18-21-11-5-6-13-24(21)29)25(31)23(27)17-20-10-9-12-22(26)16-20/h5-6,9-13,16,23H,2-4,7-8,14-15,17-18,27H2,1H3/t23-/m0/s1. The Bertz CT molecular complexity index is 902. The van der Waals surface area contributed by atoms with E-state index in [4.69, 9.17) is 5.73 Å². The molecule has 31 heavy (non-hydrogen) atoms. The molecule has 2 N–H and O–H groups in total. The maximum absolute atomic E-state index is 13.5. The first kappa shape index (κ1) is 22.9. The zero-order valence-electron chi connectivity index (χ0n) is 18.2. The Morgan fingerprint density at radius 1 is 1.00 bits per heavy atom. The van der Waals surface area contributed by atoms with Gasteiger partial charge in [0.1, 0.15) is 5.82 Å². The van der Waals surface area contributed by atoms with Crippen LogP contribution < -0.4 is 10.6 Å². The molecule has 166 valence electrons. The van der Waals surface area contributed by atoms with Crippen molar-refractivity contribution in [3.63, 3.8) is 0 Å². The Labute approximate surface area is 184 Å². The van der Waals surface area contributed by atoms with E-state index in [2.05, 4.69) is 0 Å². The molecule has 6 heteroatoms. The second-order valence-corrected chi connectivity index (χ2v) is 8.27. The van der Waals surface area contributed by atoms with Crippen LogP contribution in [0, 0.1) is 5.82 Å². The summed E-state index contributed by atoms with van der Waals surface area (Å²) in [5, 5.41) is 0. The van der Waals surface area contributed by atoms with Gasteiger partial charge in [0.2, 0.25) is 11.8 Å². The van der Waals surface area contributed by atoms with Crippen molar-refractivity contribution in [1.82, 2.24) is 4.90 Å². The van der Waals surface area contributed by atoms with Gasteiger partial charge in [-0.3, -0.25) is 9.59 Å². The van der Waals surface area contributed by atoms with Crippen molar-refractivity contribution in [3.8, 4) is 0 Å². The van der Waals surface area contributed by atoms with E-state index in [0.717, 1.165) is 43.4 Å². The lowest BCUT2D eigenvalue weighted by Gasteiger charge is -2.30. The van der Waals surface area contributed by atoms with Crippen LogP contribution in [-0.4, -0.2) is 35.8 Å². The summed E-state index contributed by atoms with van der Waals surface area (Å²) in [7, 11) is 0. The molecule has 0 radical (unpaired) electrons. The van der Waals surface area contributed by atoms with Crippen molar-refractivity contribution in [2.24, 2.45) is 5.73 Å². The molecule has 0 bridgehead atoms. The molecular formula is C25H32FN3O2. The molecule has 2 amide bonds. The molecule has 0 fully saturated rings. The number of benzene rings is 2. The fourth-order valence-corrected chi connectivity index (χ4v) is 4.17. The second-order valence-electron chi connectivity index (χ2n) is 8.27. The largest absolute Gasteiger partial charge is 0.337 e. The summed E-state index contributed by atoms with van der Waals surface area (Å²) in [4.78, 5) is 29.2. The van der Waals surface area contributed by atoms with Crippen LogP contribution in [0.3, 0.4) is 0 Å². The minimum Gasteiger partial charge on any atom is -0.337 e. The number of para-hydroxylation sites is 1. The highest BCUT2D eigenvalue weighted by atomic mass is 19.1. The number of carbonyl (C=O) groups excluding carboxylic acids is 2. The van der Waals surface area contributed by atoms with Crippen LogP contribution in [0.2, 0.25) is 0 Å². The molecule has 2 aromatic rings. The fraction of sp³-hybridized carbons (Fsp3) is 0.440. The molecule has 3 rings (SSSR count). The zero-order valence-corrected chi connectivity index (χ0v) is 18.2. The molecule has 0 saturated carbocycles. The number of amides is 2. The predicted octanol–water partition coefficient (Wildman–Crippen LogP) is 4.04. The second kappa shape index (κ2) is 11.0. The maximum Gasteiger partial charge on any atom is 0.240 e. The summed E-state index contributed by atoms with van der Waals surface area (Å²) in [6, 6.07) is 13.2. The van der Waals surface area contributed by atoms with Gasteiger partial charge in [0.05, 0.1) is 6.04 Å². The van der Waals surface area contributed by atoms with E-state index < -0.39 is 6.04 Å². The van der Waals surface area contributed by atoms with Crippen molar-refractivity contribution in [3.05, 3.63) is 65.5 Å². The quantitative estimate of drug-likeness (QED) is 0.807. The molecule has 2 aromatic carbocycles. The van der Waals surface area contributed by atoms with Crippen LogP contribution in [0.4, 0.5) is 10.1 Å². The molecule has 0 aromatic heterocycles. The van der Waals surface area contributed by atoms with E-state index in [-0.39, 0.29) is 24.1 Å². The third kappa shape index (κ3) is 6.37. The van der Waals surface area contributed by atoms with Gasteiger partial charge < -0.3 is 15.5 Å². The number of carbonyl (C=O) groups is 2. The predicted molar refractivity (Wildman–Crippen MR) is 121 cm³/mol. The summed E-state index contributed by atoms with van der Waals surface area (Å²) in [6.07, 6.45) is 5.33. The average molecular weight is 426 g/mol. The van der Waals surface area contributed by atoms with Crippen LogP contribution in [0.15, 0.2) is 48.5 Å². The van der Waals surface area contributed by atoms with Crippen molar-refractivity contribution in [2.45, 2.75) is 58.0 Å². The Morgan fingerprint density at radius 2 is 1.71 bits per heavy atom. The lowest BCUT2D eigenvalue weighted by atomic mass is 10.0. The van der Waals surface area contributed by atoms with E-state index in [0.29, 0.717) is 25.2 Å². The van der Waals surface area contributed by atoms with Gasteiger partial charge in [-0.25, -0.2) is 4.39 Å². The number of nitrogens with two attached hydrogens (primary N) is 1. The molecular weight excluding hydrogens is 393 g/mol. The zero-order chi connectivity index (χ0) is 22.2. The van der Waals surface area contributed by atoms with Gasteiger partial charge in [0.15, 0.2) is 0 Å². The van der Waals surface area contributed by atoms with Crippen molar-refractivity contribution in [1.29, 1.82) is 0 Å². The number of rotatable bonds is 3. The van der Waals surface area contributed by atoms with E-state index >= 15 is 0 Å². The molecule has 5 nitrogen and oxygen atoms in total. The minimum atomic E-state index is -0.745. The van der Waals surface area contributed by atoms with Gasteiger partial charge in [-0.2, -0.15) is 0 Å². The van der Waals surface area contributed by atoms with E-state index in [1.165, 1.54) is 12.1 Å². The Hall–Kier alpha value is -2.73. The molecule has 0 unspecified atom stereocenters. The van der Waals surface area contributed by atoms with Gasteiger partial charge in [-0.1, -0.05) is 49.6 Å². The van der Waals surface area contributed by atoms with Crippen LogP contribution >= 0.6 is 0 Å². The first-order chi connectivity index (χ1) is 15.0. The smallest absolute Gasteiger partial charge is 0.240 e. The first-order valence-corrected chi connectivity index (χ1v) is 11.1. The minimum absolute atomic E-state index is 0.00481. The molecule has 1 aliphatic heterocycles. The average Bonchev–Trinajstić information content (AvgIpc) is 2.73. The van der Waals surface area contributed by atoms with Crippen LogP contribution in [0.25, 0.3) is 0 Å². The molecule has 1 aliphatic rings. The van der Waals surface area contributed by atoms with Crippen LogP contribution in [0.1, 0.15) is 50.2 Å². The number of nitrogens with zero attached hydrogens (tertiary/aromatic N) is 2. The van der Waals surface area contributed by atoms with Gasteiger partial charge in [0, 0.05) is 32.2 Å². The number of hydrogen-bond donors (Lipinski definition) is 1. The van der Waals surface area contributed by atoms with Gasteiger partial charge in [0.25, 0.3) is 0 Å². The lowest BCUT2D eigenvalue weighted by Crippen LogP contribution is -2.45. The Morgan fingerprint density at radius 3 is 2.45 bits per heavy atom. The number of fused-ring (bicyclic) bond motifs is 1. The lowest BCUT2D eigenvalue weighted by molar-refractivity contribution is -0.133. The number of halogens is 1. The first-order valence-electron chi connectivity index (χ1n) is 11.1. The van der Waals surface area contributed by atoms with Crippen molar-refractivity contribution < 1.29 is 14.0 Å². The molecule has 1 atom stereocenters. The third-order valence-electron chi connectivity index (χ3n) is 5.81. The molecule has 1 heterocycles. The summed E-state index contributed by atoms with van der Waals surface area (Å²) < 4.78 is 13.5. The highest BCUT2D eigenvalue weighted by molar-refractivity contribution is 5.92. The summed E-state index contributed by atoms with van der Waals surface area (Å²) >= 11 is 0. The van der Waals surface area contributed by atoms with Gasteiger partial charge in [-0.05, 0) is 48.6 Å². The topological polar surface area (TPSA) is 66.6 Å². The SMILES string of the molecule is CC(=O)N1CCCCCCCN(C(=O)[C@@H](N)Cc2cccc(F)c2)Cc2ccccc21. The summed E-state index contributed by atoms with van der Waals surface area (Å²) in [6.45, 7) is 3.28.